The first kappa shape index (κ1) is 18.9. The number of hydrogen-bond donors (Lipinski definition) is 0. The van der Waals surface area contributed by atoms with Gasteiger partial charge in [-0.2, -0.15) is 0 Å². The number of ether oxygens (including phenoxy) is 1. The molecule has 3 rings (SSSR count). The predicted molar refractivity (Wildman–Crippen MR) is 106 cm³/mol. The van der Waals surface area contributed by atoms with Crippen LogP contribution >= 0.6 is 11.8 Å². The molecule has 1 saturated heterocycles. The molecule has 0 N–H and O–H groups in total. The van der Waals surface area contributed by atoms with Crippen LogP contribution in [0.3, 0.4) is 0 Å². The lowest BCUT2D eigenvalue weighted by atomic mass is 10.1. The molecule has 27 heavy (non-hydrogen) atoms. The van der Waals surface area contributed by atoms with Crippen molar-refractivity contribution >= 4 is 34.8 Å². The normalized spacial score (nSPS) is 15.5. The first-order chi connectivity index (χ1) is 13.0. The molecular formula is C21H19NO4S. The number of carbonyl (C=O) groups is 3. The SMILES string of the molecule is CCOc1ccccc1/C=C1\SC(=O)N(CC(=O)c2ccc(C)cc2)C1=O. The summed E-state index contributed by atoms with van der Waals surface area (Å²) in [6, 6.07) is 14.3. The van der Waals surface area contributed by atoms with Crippen molar-refractivity contribution in [2.45, 2.75) is 13.8 Å². The number of rotatable bonds is 6. The van der Waals surface area contributed by atoms with Gasteiger partial charge in [-0.3, -0.25) is 19.3 Å². The van der Waals surface area contributed by atoms with Crippen molar-refractivity contribution in [1.82, 2.24) is 4.90 Å². The first-order valence-electron chi connectivity index (χ1n) is 8.56. The number of para-hydroxylation sites is 1. The fourth-order valence-electron chi connectivity index (χ4n) is 2.64. The number of Topliss-reactive ketones (excluding diaryl/α,β-unsaturated/α-hetero) is 1. The van der Waals surface area contributed by atoms with Crippen LogP contribution in [0.25, 0.3) is 6.08 Å². The molecule has 0 radical (unpaired) electrons. The fourth-order valence-corrected chi connectivity index (χ4v) is 3.47. The second-order valence-corrected chi connectivity index (χ2v) is 7.02. The van der Waals surface area contributed by atoms with E-state index in [-0.39, 0.29) is 17.2 Å². The Kier molecular flexibility index (Phi) is 5.76. The molecule has 2 aromatic rings. The molecular weight excluding hydrogens is 362 g/mol. The monoisotopic (exact) mass is 381 g/mol. The lowest BCUT2D eigenvalue weighted by Gasteiger charge is -2.11. The maximum absolute atomic E-state index is 12.6. The van der Waals surface area contributed by atoms with Gasteiger partial charge in [0.15, 0.2) is 5.78 Å². The predicted octanol–water partition coefficient (Wildman–Crippen LogP) is 4.31. The average molecular weight is 381 g/mol. The number of nitrogens with zero attached hydrogens (tertiary/aromatic N) is 1. The molecule has 1 aliphatic rings. The van der Waals surface area contributed by atoms with Crippen molar-refractivity contribution in [3.63, 3.8) is 0 Å². The Morgan fingerprint density at radius 1 is 1.11 bits per heavy atom. The van der Waals surface area contributed by atoms with E-state index in [0.717, 1.165) is 27.8 Å². The molecule has 138 valence electrons. The summed E-state index contributed by atoms with van der Waals surface area (Å²) < 4.78 is 5.55. The Balaban J connectivity index is 1.79. The molecule has 1 fully saturated rings. The summed E-state index contributed by atoms with van der Waals surface area (Å²) in [6.07, 6.45) is 1.63. The molecule has 6 heteroatoms. The van der Waals surface area contributed by atoms with Gasteiger partial charge in [-0.05, 0) is 37.8 Å². The van der Waals surface area contributed by atoms with Crippen LogP contribution < -0.4 is 4.74 Å². The number of thioether (sulfide) groups is 1. The lowest BCUT2D eigenvalue weighted by Crippen LogP contribution is -2.33. The third kappa shape index (κ3) is 4.28. The van der Waals surface area contributed by atoms with Crippen molar-refractivity contribution in [1.29, 1.82) is 0 Å². The van der Waals surface area contributed by atoms with Crippen LogP contribution in [0.5, 0.6) is 5.75 Å². The molecule has 0 aliphatic carbocycles. The number of hydrogen-bond acceptors (Lipinski definition) is 5. The average Bonchev–Trinajstić information content (AvgIpc) is 2.91. The van der Waals surface area contributed by atoms with Crippen molar-refractivity contribution in [2.24, 2.45) is 0 Å². The van der Waals surface area contributed by atoms with E-state index in [9.17, 15) is 14.4 Å². The highest BCUT2D eigenvalue weighted by atomic mass is 32.2. The van der Waals surface area contributed by atoms with Gasteiger partial charge in [-0.25, -0.2) is 0 Å². The summed E-state index contributed by atoms with van der Waals surface area (Å²) in [6.45, 7) is 4.03. The second-order valence-electron chi connectivity index (χ2n) is 6.03. The van der Waals surface area contributed by atoms with Crippen molar-refractivity contribution in [3.8, 4) is 5.75 Å². The molecule has 0 bridgehead atoms. The minimum atomic E-state index is -0.461. The van der Waals surface area contributed by atoms with Gasteiger partial charge in [0, 0.05) is 11.1 Å². The van der Waals surface area contributed by atoms with Gasteiger partial charge in [0.25, 0.3) is 11.1 Å². The molecule has 0 spiro atoms. The fraction of sp³-hybridized carbons (Fsp3) is 0.190. The smallest absolute Gasteiger partial charge is 0.293 e. The van der Waals surface area contributed by atoms with E-state index in [1.807, 2.05) is 44.2 Å². The molecule has 0 saturated carbocycles. The number of ketones is 1. The summed E-state index contributed by atoms with van der Waals surface area (Å²) >= 11 is 0.834. The second kappa shape index (κ2) is 8.22. The number of imide groups is 1. The van der Waals surface area contributed by atoms with Crippen LogP contribution in [0, 0.1) is 6.92 Å². The van der Waals surface area contributed by atoms with Gasteiger partial charge in [-0.1, -0.05) is 48.0 Å². The Bertz CT molecular complexity index is 918. The van der Waals surface area contributed by atoms with Gasteiger partial charge in [0.2, 0.25) is 0 Å². The third-order valence-electron chi connectivity index (χ3n) is 4.05. The first-order valence-corrected chi connectivity index (χ1v) is 9.38. The van der Waals surface area contributed by atoms with Crippen LogP contribution in [0.4, 0.5) is 4.79 Å². The molecule has 2 amide bonds. The number of benzene rings is 2. The topological polar surface area (TPSA) is 63.7 Å². The maximum Gasteiger partial charge on any atom is 0.293 e. The van der Waals surface area contributed by atoms with Crippen LogP contribution in [-0.2, 0) is 4.79 Å². The van der Waals surface area contributed by atoms with E-state index in [1.54, 1.807) is 24.3 Å². The van der Waals surface area contributed by atoms with Crippen LogP contribution in [0.1, 0.15) is 28.4 Å². The van der Waals surface area contributed by atoms with Crippen molar-refractivity contribution < 1.29 is 19.1 Å². The van der Waals surface area contributed by atoms with Crippen molar-refractivity contribution in [3.05, 3.63) is 70.1 Å². The van der Waals surface area contributed by atoms with Crippen LogP contribution in [0.2, 0.25) is 0 Å². The minimum absolute atomic E-state index is 0.266. The van der Waals surface area contributed by atoms with E-state index in [1.165, 1.54) is 0 Å². The molecule has 0 atom stereocenters. The van der Waals surface area contributed by atoms with Gasteiger partial charge in [0.05, 0.1) is 18.1 Å². The maximum atomic E-state index is 12.6. The number of carbonyl (C=O) groups excluding carboxylic acids is 3. The van der Waals surface area contributed by atoms with E-state index in [2.05, 4.69) is 0 Å². The Labute approximate surface area is 162 Å². The van der Waals surface area contributed by atoms with Crippen molar-refractivity contribution in [2.75, 3.05) is 13.2 Å². The summed E-state index contributed by atoms with van der Waals surface area (Å²) in [5.74, 6) is -0.0902. The molecule has 1 heterocycles. The van der Waals surface area contributed by atoms with E-state index >= 15 is 0 Å². The summed E-state index contributed by atoms with van der Waals surface area (Å²) in [4.78, 5) is 38.6. The minimum Gasteiger partial charge on any atom is -0.493 e. The van der Waals surface area contributed by atoms with Gasteiger partial charge in [0.1, 0.15) is 5.75 Å². The highest BCUT2D eigenvalue weighted by Gasteiger charge is 2.36. The van der Waals surface area contributed by atoms with Gasteiger partial charge in [-0.15, -0.1) is 0 Å². The van der Waals surface area contributed by atoms with Crippen LogP contribution in [-0.4, -0.2) is 35.0 Å². The standard InChI is InChI=1S/C21H19NO4S/c1-3-26-18-7-5-4-6-16(18)12-19-20(24)22(21(25)27-19)13-17(23)15-10-8-14(2)9-11-15/h4-12H,3,13H2,1-2H3/b19-12-. The Morgan fingerprint density at radius 3 is 2.52 bits per heavy atom. The molecule has 1 aliphatic heterocycles. The quantitative estimate of drug-likeness (QED) is 0.551. The summed E-state index contributed by atoms with van der Waals surface area (Å²) in [5.41, 5.74) is 2.23. The highest BCUT2D eigenvalue weighted by Crippen LogP contribution is 2.34. The zero-order valence-corrected chi connectivity index (χ0v) is 15.9. The number of amides is 2. The van der Waals surface area contributed by atoms with Gasteiger partial charge < -0.3 is 4.74 Å². The van der Waals surface area contributed by atoms with E-state index in [4.69, 9.17) is 4.74 Å². The van der Waals surface area contributed by atoms with E-state index < -0.39 is 11.1 Å². The Morgan fingerprint density at radius 2 is 1.81 bits per heavy atom. The number of aryl methyl sites for hydroxylation is 1. The zero-order valence-electron chi connectivity index (χ0n) is 15.1. The summed E-state index contributed by atoms with van der Waals surface area (Å²) in [7, 11) is 0. The largest absolute Gasteiger partial charge is 0.493 e. The zero-order chi connectivity index (χ0) is 19.4. The molecule has 2 aromatic carbocycles. The summed E-state index contributed by atoms with van der Waals surface area (Å²) in [5, 5.41) is -0.444. The van der Waals surface area contributed by atoms with Gasteiger partial charge >= 0.3 is 0 Å². The molecule has 5 nitrogen and oxygen atoms in total. The highest BCUT2D eigenvalue weighted by molar-refractivity contribution is 8.18. The third-order valence-corrected chi connectivity index (χ3v) is 4.96. The van der Waals surface area contributed by atoms with Crippen LogP contribution in [0.15, 0.2) is 53.4 Å². The Hall–Kier alpha value is -2.86. The molecule has 0 aromatic heterocycles. The lowest BCUT2D eigenvalue weighted by molar-refractivity contribution is -0.122. The molecule has 0 unspecified atom stereocenters. The van der Waals surface area contributed by atoms with E-state index in [0.29, 0.717) is 17.9 Å².